The van der Waals surface area contributed by atoms with Gasteiger partial charge in [0.15, 0.2) is 0 Å². The molecule has 0 N–H and O–H groups in total. The molecule has 0 radical (unpaired) electrons. The molecule has 0 unspecified atom stereocenters. The quantitative estimate of drug-likeness (QED) is 0.632. The molecule has 4 rings (SSSR count). The number of anilines is 1. The summed E-state index contributed by atoms with van der Waals surface area (Å²) in [6, 6.07) is 14.2. The lowest BCUT2D eigenvalue weighted by atomic mass is 10.1. The van der Waals surface area contributed by atoms with E-state index in [0.717, 1.165) is 60.0 Å². The van der Waals surface area contributed by atoms with Crippen LogP contribution >= 0.6 is 0 Å². The predicted octanol–water partition coefficient (Wildman–Crippen LogP) is 3.90. The highest BCUT2D eigenvalue weighted by Crippen LogP contribution is 2.32. The Hall–Kier alpha value is -2.86. The largest absolute Gasteiger partial charge is 0.443 e. The Morgan fingerprint density at radius 3 is 2.38 bits per heavy atom. The second-order valence-corrected chi connectivity index (χ2v) is 8.49. The lowest BCUT2D eigenvalue weighted by Crippen LogP contribution is -2.46. The Labute approximate surface area is 170 Å². The van der Waals surface area contributed by atoms with Crippen LogP contribution in [-0.2, 0) is 9.53 Å². The van der Waals surface area contributed by atoms with Crippen molar-refractivity contribution in [2.75, 3.05) is 37.6 Å². The molecule has 0 aliphatic carbocycles. The van der Waals surface area contributed by atoms with Gasteiger partial charge >= 0.3 is 6.09 Å². The van der Waals surface area contributed by atoms with E-state index >= 15 is 0 Å². The van der Waals surface area contributed by atoms with Crippen molar-refractivity contribution in [2.45, 2.75) is 26.4 Å². The maximum absolute atomic E-state index is 13.0. The minimum Gasteiger partial charge on any atom is -0.443 e. The van der Waals surface area contributed by atoms with Crippen molar-refractivity contribution < 1.29 is 14.3 Å². The van der Waals surface area contributed by atoms with E-state index in [-0.39, 0.29) is 6.09 Å². The van der Waals surface area contributed by atoms with Crippen LogP contribution < -0.4 is 4.90 Å². The first kappa shape index (κ1) is 19.5. The van der Waals surface area contributed by atoms with Gasteiger partial charge in [-0.15, -0.1) is 0 Å². The van der Waals surface area contributed by atoms with Crippen molar-refractivity contribution in [3.05, 3.63) is 42.5 Å². The molecule has 1 fully saturated rings. The second-order valence-electron chi connectivity index (χ2n) is 8.49. The van der Waals surface area contributed by atoms with Gasteiger partial charge in [-0.3, -0.25) is 4.90 Å². The standard InChI is InChI=1S/C23H27N3O3/c1-23(2,3)29-22(28)26-20-7-5-4-6-18(20)19-9-8-17(16-21(19)26)25-12-10-24(11-13-25)14-15-27/h4-9,15-16H,10-14H2,1-3H3. The van der Waals surface area contributed by atoms with Crippen molar-refractivity contribution in [1.29, 1.82) is 0 Å². The minimum absolute atomic E-state index is 0.364. The molecular weight excluding hydrogens is 366 g/mol. The molecule has 152 valence electrons. The number of nitrogens with zero attached hydrogens (tertiary/aromatic N) is 3. The van der Waals surface area contributed by atoms with Gasteiger partial charge in [0.05, 0.1) is 17.6 Å². The van der Waals surface area contributed by atoms with Gasteiger partial charge in [-0.1, -0.05) is 24.3 Å². The Morgan fingerprint density at radius 1 is 1.00 bits per heavy atom. The monoisotopic (exact) mass is 393 g/mol. The fraction of sp³-hybridized carbons (Fsp3) is 0.391. The minimum atomic E-state index is -0.568. The van der Waals surface area contributed by atoms with Crippen molar-refractivity contribution in [3.8, 4) is 0 Å². The Bertz CT molecular complexity index is 1060. The first-order chi connectivity index (χ1) is 13.9. The van der Waals surface area contributed by atoms with Gasteiger partial charge in [-0.25, -0.2) is 9.36 Å². The molecule has 0 atom stereocenters. The maximum Gasteiger partial charge on any atom is 0.419 e. The van der Waals surface area contributed by atoms with Crippen LogP contribution in [0.25, 0.3) is 21.8 Å². The van der Waals surface area contributed by atoms with Gasteiger partial charge in [-0.05, 0) is 39.0 Å². The number of para-hydroxylation sites is 1. The Balaban J connectivity index is 1.76. The van der Waals surface area contributed by atoms with Crippen LogP contribution in [0.4, 0.5) is 10.5 Å². The predicted molar refractivity (Wildman–Crippen MR) is 116 cm³/mol. The highest BCUT2D eigenvalue weighted by molar-refractivity contribution is 6.13. The Kier molecular flexibility index (Phi) is 5.04. The smallest absolute Gasteiger partial charge is 0.419 e. The van der Waals surface area contributed by atoms with Crippen molar-refractivity contribution in [2.24, 2.45) is 0 Å². The van der Waals surface area contributed by atoms with Gasteiger partial charge in [0.1, 0.15) is 11.9 Å². The lowest BCUT2D eigenvalue weighted by molar-refractivity contribution is -0.108. The van der Waals surface area contributed by atoms with Crippen molar-refractivity contribution >= 4 is 39.9 Å². The van der Waals surface area contributed by atoms with Crippen LogP contribution in [-0.4, -0.2) is 60.2 Å². The van der Waals surface area contributed by atoms with E-state index in [1.807, 2.05) is 45.0 Å². The number of aromatic nitrogens is 1. The topological polar surface area (TPSA) is 54.8 Å². The Morgan fingerprint density at radius 2 is 1.69 bits per heavy atom. The summed E-state index contributed by atoms with van der Waals surface area (Å²) in [5, 5.41) is 2.07. The van der Waals surface area contributed by atoms with Crippen molar-refractivity contribution in [1.82, 2.24) is 9.47 Å². The molecule has 0 saturated carbocycles. The molecule has 0 bridgehead atoms. The zero-order valence-corrected chi connectivity index (χ0v) is 17.2. The summed E-state index contributed by atoms with van der Waals surface area (Å²) in [6.45, 7) is 9.53. The molecule has 0 spiro atoms. The molecule has 1 aromatic heterocycles. The summed E-state index contributed by atoms with van der Waals surface area (Å²) in [5.41, 5.74) is 2.22. The lowest BCUT2D eigenvalue weighted by Gasteiger charge is -2.35. The third kappa shape index (κ3) is 3.85. The average molecular weight is 393 g/mol. The molecule has 2 heterocycles. The van der Waals surface area contributed by atoms with E-state index < -0.39 is 5.60 Å². The van der Waals surface area contributed by atoms with Crippen LogP contribution in [0.2, 0.25) is 0 Å². The van der Waals surface area contributed by atoms with E-state index in [1.165, 1.54) is 0 Å². The summed E-state index contributed by atoms with van der Waals surface area (Å²) < 4.78 is 7.38. The van der Waals surface area contributed by atoms with Crippen LogP contribution in [0, 0.1) is 0 Å². The molecule has 3 aromatic rings. The zero-order valence-electron chi connectivity index (χ0n) is 17.2. The first-order valence-corrected chi connectivity index (χ1v) is 10.0. The van der Waals surface area contributed by atoms with E-state index in [9.17, 15) is 9.59 Å². The maximum atomic E-state index is 13.0. The number of hydrogen-bond acceptors (Lipinski definition) is 5. The SMILES string of the molecule is CC(C)(C)OC(=O)n1c2ccccc2c2ccc(N3CCN(CC=O)CC3)cc21. The number of carbonyl (C=O) groups excluding carboxylic acids is 2. The molecule has 2 aromatic carbocycles. The number of rotatable bonds is 3. The number of piperazine rings is 1. The summed E-state index contributed by atoms with van der Waals surface area (Å²) in [5.74, 6) is 0. The number of ether oxygens (including phenoxy) is 1. The molecule has 6 heteroatoms. The number of hydrogen-bond donors (Lipinski definition) is 0. The summed E-state index contributed by atoms with van der Waals surface area (Å²) in [4.78, 5) is 28.2. The first-order valence-electron chi connectivity index (χ1n) is 10.0. The van der Waals surface area contributed by atoms with E-state index in [1.54, 1.807) is 4.57 Å². The summed E-state index contributed by atoms with van der Waals surface area (Å²) in [6.07, 6.45) is 0.595. The number of fused-ring (bicyclic) bond motifs is 3. The number of benzene rings is 2. The number of carbonyl (C=O) groups is 2. The van der Waals surface area contributed by atoms with E-state index in [0.29, 0.717) is 6.54 Å². The van der Waals surface area contributed by atoms with Gasteiger partial charge < -0.3 is 14.4 Å². The highest BCUT2D eigenvalue weighted by atomic mass is 16.6. The molecule has 1 aliphatic heterocycles. The molecule has 1 aliphatic rings. The molecule has 0 amide bonds. The van der Waals surface area contributed by atoms with Gasteiger partial charge in [0, 0.05) is 42.6 Å². The zero-order chi connectivity index (χ0) is 20.6. The third-order valence-corrected chi connectivity index (χ3v) is 5.30. The number of aldehydes is 1. The van der Waals surface area contributed by atoms with Crippen LogP contribution in [0.5, 0.6) is 0 Å². The fourth-order valence-corrected chi connectivity index (χ4v) is 3.95. The van der Waals surface area contributed by atoms with E-state index in [4.69, 9.17) is 4.74 Å². The average Bonchev–Trinajstić information content (AvgIpc) is 3.01. The van der Waals surface area contributed by atoms with E-state index in [2.05, 4.69) is 28.0 Å². The van der Waals surface area contributed by atoms with Crippen LogP contribution in [0.15, 0.2) is 42.5 Å². The van der Waals surface area contributed by atoms with Crippen LogP contribution in [0.3, 0.4) is 0 Å². The fourth-order valence-electron chi connectivity index (χ4n) is 3.95. The van der Waals surface area contributed by atoms with Gasteiger partial charge in [-0.2, -0.15) is 0 Å². The molecule has 6 nitrogen and oxygen atoms in total. The highest BCUT2D eigenvalue weighted by Gasteiger charge is 2.23. The van der Waals surface area contributed by atoms with Crippen molar-refractivity contribution in [3.63, 3.8) is 0 Å². The molecule has 29 heavy (non-hydrogen) atoms. The normalized spacial score (nSPS) is 15.8. The van der Waals surface area contributed by atoms with Gasteiger partial charge in [0.2, 0.25) is 0 Å². The summed E-state index contributed by atoms with van der Waals surface area (Å²) in [7, 11) is 0. The summed E-state index contributed by atoms with van der Waals surface area (Å²) >= 11 is 0. The second kappa shape index (κ2) is 7.52. The van der Waals surface area contributed by atoms with Crippen LogP contribution in [0.1, 0.15) is 20.8 Å². The third-order valence-electron chi connectivity index (χ3n) is 5.30. The van der Waals surface area contributed by atoms with Gasteiger partial charge in [0.25, 0.3) is 0 Å². The molecule has 1 saturated heterocycles. The molecular formula is C23H27N3O3.